The predicted octanol–water partition coefficient (Wildman–Crippen LogP) is 2.84. The number of hydrogen-bond donors (Lipinski definition) is 0. The monoisotopic (exact) mass is 200 g/mol. The third-order valence-electron chi connectivity index (χ3n) is 2.36. The normalized spacial score (nSPS) is 17.9. The number of hydrogen-bond acceptors (Lipinski definition) is 2. The summed E-state index contributed by atoms with van der Waals surface area (Å²) in [6.45, 7) is 3.89. The molecule has 0 radical (unpaired) electrons. The smallest absolute Gasteiger partial charge is 0.336 e. The van der Waals surface area contributed by atoms with E-state index in [0.717, 1.165) is 11.1 Å². The van der Waals surface area contributed by atoms with E-state index < -0.39 is 0 Å². The lowest BCUT2D eigenvalue weighted by Crippen LogP contribution is -1.90. The van der Waals surface area contributed by atoms with Crippen LogP contribution < -0.4 is 0 Å². The molecular weight excluding hydrogens is 188 g/mol. The fraction of sp³-hybridized carbons (Fsp3) is 0.154. The van der Waals surface area contributed by atoms with Crippen LogP contribution in [0.25, 0.3) is 5.57 Å². The Labute approximate surface area is 88.9 Å². The summed E-state index contributed by atoms with van der Waals surface area (Å²) in [7, 11) is 0. The maximum Gasteiger partial charge on any atom is 0.336 e. The molecule has 0 aliphatic carbocycles. The van der Waals surface area contributed by atoms with Crippen molar-refractivity contribution in [2.24, 2.45) is 0 Å². The Morgan fingerprint density at radius 1 is 1.20 bits per heavy atom. The fourth-order valence-electron chi connectivity index (χ4n) is 1.55. The van der Waals surface area contributed by atoms with E-state index in [0.29, 0.717) is 5.76 Å². The van der Waals surface area contributed by atoms with Gasteiger partial charge in [-0.15, -0.1) is 0 Å². The van der Waals surface area contributed by atoms with Crippen LogP contribution in [0.1, 0.15) is 18.1 Å². The van der Waals surface area contributed by atoms with Crippen LogP contribution in [-0.2, 0) is 9.53 Å². The van der Waals surface area contributed by atoms with Crippen LogP contribution in [0.5, 0.6) is 0 Å². The van der Waals surface area contributed by atoms with E-state index in [-0.39, 0.29) is 5.97 Å². The molecule has 0 amide bonds. The van der Waals surface area contributed by atoms with Gasteiger partial charge < -0.3 is 4.74 Å². The molecule has 1 aliphatic heterocycles. The van der Waals surface area contributed by atoms with Gasteiger partial charge in [0.2, 0.25) is 0 Å². The van der Waals surface area contributed by atoms with Crippen molar-refractivity contribution >= 4 is 11.5 Å². The molecule has 15 heavy (non-hydrogen) atoms. The van der Waals surface area contributed by atoms with Crippen LogP contribution in [0.15, 0.2) is 42.2 Å². The van der Waals surface area contributed by atoms with Crippen molar-refractivity contribution in [1.82, 2.24) is 0 Å². The average molecular weight is 200 g/mol. The fourth-order valence-corrected chi connectivity index (χ4v) is 1.55. The zero-order chi connectivity index (χ0) is 10.8. The summed E-state index contributed by atoms with van der Waals surface area (Å²) in [5.74, 6) is 0.350. The second kappa shape index (κ2) is 3.73. The number of cyclic esters (lactones) is 1. The molecule has 0 N–H and O–H groups in total. The van der Waals surface area contributed by atoms with Gasteiger partial charge in [0.15, 0.2) is 0 Å². The molecule has 0 spiro atoms. The van der Waals surface area contributed by atoms with Crippen molar-refractivity contribution in [2.75, 3.05) is 0 Å². The van der Waals surface area contributed by atoms with Crippen LogP contribution in [0, 0.1) is 6.92 Å². The first-order valence-electron chi connectivity index (χ1n) is 4.88. The highest BCUT2D eigenvalue weighted by Crippen LogP contribution is 2.29. The molecule has 0 bridgehead atoms. The van der Waals surface area contributed by atoms with Crippen molar-refractivity contribution in [3.8, 4) is 0 Å². The Hall–Kier alpha value is -1.83. The van der Waals surface area contributed by atoms with E-state index in [9.17, 15) is 4.79 Å². The van der Waals surface area contributed by atoms with E-state index in [4.69, 9.17) is 4.74 Å². The molecule has 2 rings (SSSR count). The molecule has 1 aromatic carbocycles. The molecule has 2 nitrogen and oxygen atoms in total. The molecule has 1 aromatic rings. The number of allylic oxidation sites excluding steroid dienone is 2. The molecule has 0 unspecified atom stereocenters. The summed E-state index contributed by atoms with van der Waals surface area (Å²) >= 11 is 0. The van der Waals surface area contributed by atoms with Crippen LogP contribution >= 0.6 is 0 Å². The lowest BCUT2D eigenvalue weighted by Gasteiger charge is -2.03. The van der Waals surface area contributed by atoms with Crippen LogP contribution in [0.3, 0.4) is 0 Å². The predicted molar refractivity (Wildman–Crippen MR) is 59.0 cm³/mol. The average Bonchev–Trinajstić information content (AvgIpc) is 2.61. The molecular formula is C13H12O2. The first-order chi connectivity index (χ1) is 7.20. The largest absolute Gasteiger partial charge is 0.423 e. The molecule has 0 aromatic heterocycles. The summed E-state index contributed by atoms with van der Waals surface area (Å²) in [6, 6.07) is 8.03. The molecule has 1 heterocycles. The van der Waals surface area contributed by atoms with Gasteiger partial charge in [-0.2, -0.15) is 0 Å². The highest BCUT2D eigenvalue weighted by atomic mass is 16.5. The summed E-state index contributed by atoms with van der Waals surface area (Å²) in [5.41, 5.74) is 3.08. The molecule has 0 fully saturated rings. The van der Waals surface area contributed by atoms with Gasteiger partial charge in [-0.25, -0.2) is 4.79 Å². The third-order valence-corrected chi connectivity index (χ3v) is 2.36. The van der Waals surface area contributed by atoms with E-state index in [1.807, 2.05) is 38.1 Å². The van der Waals surface area contributed by atoms with Crippen LogP contribution in [0.2, 0.25) is 0 Å². The summed E-state index contributed by atoms with van der Waals surface area (Å²) in [5, 5.41) is 0. The Morgan fingerprint density at radius 3 is 2.47 bits per heavy atom. The molecule has 2 heteroatoms. The maximum atomic E-state index is 11.1. The lowest BCUT2D eigenvalue weighted by atomic mass is 10.0. The van der Waals surface area contributed by atoms with Gasteiger partial charge in [-0.1, -0.05) is 29.8 Å². The Bertz CT molecular complexity index is 450. The van der Waals surface area contributed by atoms with Crippen molar-refractivity contribution in [1.29, 1.82) is 0 Å². The van der Waals surface area contributed by atoms with Crippen molar-refractivity contribution in [3.63, 3.8) is 0 Å². The van der Waals surface area contributed by atoms with E-state index in [2.05, 4.69) is 0 Å². The molecule has 0 saturated carbocycles. The summed E-state index contributed by atoms with van der Waals surface area (Å²) < 4.78 is 5.04. The first-order valence-corrected chi connectivity index (χ1v) is 4.88. The van der Waals surface area contributed by atoms with Gasteiger partial charge in [0, 0.05) is 11.6 Å². The van der Waals surface area contributed by atoms with Gasteiger partial charge in [0.25, 0.3) is 0 Å². The minimum atomic E-state index is -0.293. The van der Waals surface area contributed by atoms with Gasteiger partial charge in [-0.05, 0) is 25.5 Å². The SMILES string of the molecule is CC=C1OC(=O)C=C1c1ccc(C)cc1. The number of ether oxygens (including phenoxy) is 1. The van der Waals surface area contributed by atoms with Crippen LogP contribution in [-0.4, -0.2) is 5.97 Å². The van der Waals surface area contributed by atoms with Gasteiger partial charge in [0.1, 0.15) is 5.76 Å². The number of esters is 1. The highest BCUT2D eigenvalue weighted by Gasteiger charge is 2.20. The van der Waals surface area contributed by atoms with Gasteiger partial charge in [0.05, 0.1) is 0 Å². The summed E-state index contributed by atoms with van der Waals surface area (Å²) in [4.78, 5) is 11.1. The molecule has 1 aliphatic rings. The Balaban J connectivity index is 2.42. The van der Waals surface area contributed by atoms with E-state index in [1.54, 1.807) is 6.08 Å². The molecule has 0 atom stereocenters. The van der Waals surface area contributed by atoms with Crippen LogP contribution in [0.4, 0.5) is 0 Å². The Kier molecular flexibility index (Phi) is 2.42. The number of carbonyl (C=O) groups is 1. The second-order valence-corrected chi connectivity index (χ2v) is 3.50. The van der Waals surface area contributed by atoms with E-state index >= 15 is 0 Å². The zero-order valence-corrected chi connectivity index (χ0v) is 8.78. The molecule has 0 saturated heterocycles. The minimum absolute atomic E-state index is 0.293. The molecule has 76 valence electrons. The zero-order valence-electron chi connectivity index (χ0n) is 8.78. The first kappa shape index (κ1) is 9.71. The van der Waals surface area contributed by atoms with Crippen molar-refractivity contribution < 1.29 is 9.53 Å². The highest BCUT2D eigenvalue weighted by molar-refractivity contribution is 6.01. The van der Waals surface area contributed by atoms with Gasteiger partial charge >= 0.3 is 5.97 Å². The van der Waals surface area contributed by atoms with E-state index in [1.165, 1.54) is 11.6 Å². The van der Waals surface area contributed by atoms with Crippen molar-refractivity contribution in [3.05, 3.63) is 53.3 Å². The van der Waals surface area contributed by atoms with Gasteiger partial charge in [-0.3, -0.25) is 0 Å². The maximum absolute atomic E-state index is 11.1. The summed E-state index contributed by atoms with van der Waals surface area (Å²) in [6.07, 6.45) is 3.33. The third kappa shape index (κ3) is 1.84. The number of carbonyl (C=O) groups excluding carboxylic acids is 1. The number of rotatable bonds is 1. The number of aryl methyl sites for hydroxylation is 1. The Morgan fingerprint density at radius 2 is 1.87 bits per heavy atom. The lowest BCUT2D eigenvalue weighted by molar-refractivity contribution is -0.132. The minimum Gasteiger partial charge on any atom is -0.423 e. The topological polar surface area (TPSA) is 26.3 Å². The standard InChI is InChI=1S/C13H12O2/c1-3-12-11(8-13(14)15-12)10-6-4-9(2)5-7-10/h3-8H,1-2H3. The quantitative estimate of drug-likeness (QED) is 0.651. The second-order valence-electron chi connectivity index (χ2n) is 3.50. The number of benzene rings is 1. The van der Waals surface area contributed by atoms with Crippen molar-refractivity contribution in [2.45, 2.75) is 13.8 Å².